The molecule has 0 bridgehead atoms. The van der Waals surface area contributed by atoms with Crippen molar-refractivity contribution >= 4 is 16.9 Å². The van der Waals surface area contributed by atoms with Crippen LogP contribution in [0.4, 0.5) is 0 Å². The van der Waals surface area contributed by atoms with E-state index in [0.717, 1.165) is 21.4 Å². The number of aryl methyl sites for hydroxylation is 1. The monoisotopic (exact) mass is 331 g/mol. The van der Waals surface area contributed by atoms with Gasteiger partial charge in [-0.3, -0.25) is 4.79 Å². The van der Waals surface area contributed by atoms with Gasteiger partial charge in [-0.1, -0.05) is 13.8 Å². The summed E-state index contributed by atoms with van der Waals surface area (Å²) < 4.78 is 5.38. The molecule has 0 aliphatic carbocycles. The van der Waals surface area contributed by atoms with Gasteiger partial charge in [0, 0.05) is 31.1 Å². The van der Waals surface area contributed by atoms with E-state index >= 15 is 0 Å². The van der Waals surface area contributed by atoms with Crippen LogP contribution < -0.4 is 10.5 Å². The number of quaternary nitrogens is 1. The summed E-state index contributed by atoms with van der Waals surface area (Å²) in [6, 6.07) is 5.61. The summed E-state index contributed by atoms with van der Waals surface area (Å²) in [5, 5.41) is 0.959. The SMILES string of the molecule is Cc1cc2oc(=O)cc(C[NH+](C)CC(=O)N(C)C)c2cc1C(C)C. The Morgan fingerprint density at radius 3 is 2.50 bits per heavy atom. The van der Waals surface area contributed by atoms with Crippen LogP contribution in [-0.2, 0) is 11.3 Å². The van der Waals surface area contributed by atoms with Crippen molar-refractivity contribution in [2.24, 2.45) is 0 Å². The first-order valence-electron chi connectivity index (χ1n) is 8.27. The van der Waals surface area contributed by atoms with Gasteiger partial charge in [0.25, 0.3) is 5.91 Å². The van der Waals surface area contributed by atoms with Crippen molar-refractivity contribution in [2.45, 2.75) is 33.2 Å². The van der Waals surface area contributed by atoms with Crippen LogP contribution in [0.1, 0.15) is 36.5 Å². The molecule has 5 nitrogen and oxygen atoms in total. The molecule has 2 aromatic rings. The molecule has 0 radical (unpaired) electrons. The molecule has 1 unspecified atom stereocenters. The topological polar surface area (TPSA) is 55.0 Å². The molecule has 1 aromatic heterocycles. The highest BCUT2D eigenvalue weighted by Gasteiger charge is 2.16. The predicted octanol–water partition coefficient (Wildman–Crippen LogP) is 1.33. The average molecular weight is 331 g/mol. The Bertz CT molecular complexity index is 806. The van der Waals surface area contributed by atoms with E-state index in [-0.39, 0.29) is 11.5 Å². The second kappa shape index (κ2) is 7.18. The number of carbonyl (C=O) groups is 1. The maximum Gasteiger partial charge on any atom is 0.336 e. The molecular formula is C19H27N2O3+. The number of hydrogen-bond donors (Lipinski definition) is 1. The third-order valence-corrected chi connectivity index (χ3v) is 4.28. The lowest BCUT2D eigenvalue weighted by molar-refractivity contribution is -0.885. The number of benzene rings is 1. The summed E-state index contributed by atoms with van der Waals surface area (Å²) in [5.74, 6) is 0.466. The minimum absolute atomic E-state index is 0.0680. The lowest BCUT2D eigenvalue weighted by atomic mass is 9.95. The summed E-state index contributed by atoms with van der Waals surface area (Å²) in [4.78, 5) is 26.4. The fourth-order valence-corrected chi connectivity index (χ4v) is 2.96. The first-order chi connectivity index (χ1) is 11.2. The molecule has 0 fully saturated rings. The molecule has 0 saturated carbocycles. The number of rotatable bonds is 5. The zero-order valence-electron chi connectivity index (χ0n) is 15.4. The summed E-state index contributed by atoms with van der Waals surface area (Å²) in [7, 11) is 5.46. The van der Waals surface area contributed by atoms with E-state index in [2.05, 4.69) is 19.9 Å². The Hall–Kier alpha value is -2.14. The van der Waals surface area contributed by atoms with Crippen molar-refractivity contribution in [1.29, 1.82) is 0 Å². The van der Waals surface area contributed by atoms with Gasteiger partial charge in [0.15, 0.2) is 6.54 Å². The van der Waals surface area contributed by atoms with Gasteiger partial charge >= 0.3 is 5.63 Å². The fraction of sp³-hybridized carbons (Fsp3) is 0.474. The Morgan fingerprint density at radius 1 is 1.25 bits per heavy atom. The highest BCUT2D eigenvalue weighted by molar-refractivity contribution is 5.82. The molecule has 1 heterocycles. The Labute approximate surface area is 142 Å². The molecule has 24 heavy (non-hydrogen) atoms. The molecule has 1 N–H and O–H groups in total. The van der Waals surface area contributed by atoms with Crippen molar-refractivity contribution in [1.82, 2.24) is 4.90 Å². The van der Waals surface area contributed by atoms with Crippen LogP contribution in [0.2, 0.25) is 0 Å². The number of fused-ring (bicyclic) bond motifs is 1. The third kappa shape index (κ3) is 4.03. The van der Waals surface area contributed by atoms with Gasteiger partial charge < -0.3 is 14.2 Å². The van der Waals surface area contributed by atoms with Crippen LogP contribution >= 0.6 is 0 Å². The first kappa shape index (κ1) is 18.2. The largest absolute Gasteiger partial charge is 0.423 e. The van der Waals surface area contributed by atoms with E-state index in [1.807, 2.05) is 20.0 Å². The second-order valence-corrected chi connectivity index (χ2v) is 7.05. The molecule has 2 rings (SSSR count). The van der Waals surface area contributed by atoms with Crippen molar-refractivity contribution < 1.29 is 14.1 Å². The average Bonchev–Trinajstić information content (AvgIpc) is 2.45. The van der Waals surface area contributed by atoms with Gasteiger partial charge in [0.1, 0.15) is 12.1 Å². The Kier molecular flexibility index (Phi) is 5.44. The number of carbonyl (C=O) groups excluding carboxylic acids is 1. The smallest absolute Gasteiger partial charge is 0.336 e. The molecule has 0 spiro atoms. The van der Waals surface area contributed by atoms with E-state index in [1.54, 1.807) is 25.1 Å². The van der Waals surface area contributed by atoms with Crippen LogP contribution in [-0.4, -0.2) is 38.5 Å². The van der Waals surface area contributed by atoms with Crippen LogP contribution in [0.15, 0.2) is 27.4 Å². The van der Waals surface area contributed by atoms with Gasteiger partial charge in [-0.15, -0.1) is 0 Å². The molecule has 130 valence electrons. The van der Waals surface area contributed by atoms with Crippen molar-refractivity contribution in [3.05, 3.63) is 45.3 Å². The van der Waals surface area contributed by atoms with E-state index in [9.17, 15) is 9.59 Å². The summed E-state index contributed by atoms with van der Waals surface area (Å²) >= 11 is 0. The lowest BCUT2D eigenvalue weighted by Gasteiger charge is -2.18. The number of nitrogens with one attached hydrogen (secondary N) is 1. The summed E-state index contributed by atoms with van der Waals surface area (Å²) in [6.07, 6.45) is 0. The molecule has 0 aliphatic heterocycles. The Morgan fingerprint density at radius 2 is 1.92 bits per heavy atom. The number of amides is 1. The second-order valence-electron chi connectivity index (χ2n) is 7.05. The van der Waals surface area contributed by atoms with Gasteiger partial charge in [-0.05, 0) is 36.1 Å². The zero-order valence-corrected chi connectivity index (χ0v) is 15.4. The molecule has 1 amide bonds. The van der Waals surface area contributed by atoms with Gasteiger partial charge in [0.2, 0.25) is 0 Å². The number of likely N-dealkylation sites (N-methyl/N-ethyl adjacent to an activating group) is 2. The molecule has 5 heteroatoms. The van der Waals surface area contributed by atoms with E-state index < -0.39 is 0 Å². The highest BCUT2D eigenvalue weighted by atomic mass is 16.4. The van der Waals surface area contributed by atoms with Crippen LogP contribution in [0.5, 0.6) is 0 Å². The van der Waals surface area contributed by atoms with Crippen LogP contribution in [0, 0.1) is 6.92 Å². The van der Waals surface area contributed by atoms with Crippen LogP contribution in [0.25, 0.3) is 11.0 Å². The van der Waals surface area contributed by atoms with E-state index in [4.69, 9.17) is 4.42 Å². The van der Waals surface area contributed by atoms with Gasteiger partial charge in [-0.2, -0.15) is 0 Å². The molecule has 0 saturated heterocycles. The third-order valence-electron chi connectivity index (χ3n) is 4.28. The minimum atomic E-state index is -0.346. The van der Waals surface area contributed by atoms with Crippen molar-refractivity contribution in [2.75, 3.05) is 27.7 Å². The van der Waals surface area contributed by atoms with Crippen molar-refractivity contribution in [3.63, 3.8) is 0 Å². The minimum Gasteiger partial charge on any atom is -0.423 e. The standard InChI is InChI=1S/C19H26N2O3/c1-12(2)15-9-16-14(10-21(6)11-18(22)20(4)5)8-19(23)24-17(16)7-13(15)3/h7-9,12H,10-11H2,1-6H3/p+1. The summed E-state index contributed by atoms with van der Waals surface area (Å²) in [6.45, 7) is 7.33. The zero-order chi connectivity index (χ0) is 18.0. The molecular weight excluding hydrogens is 304 g/mol. The predicted molar refractivity (Wildman–Crippen MR) is 95.5 cm³/mol. The first-order valence-corrected chi connectivity index (χ1v) is 8.27. The normalized spacial score (nSPS) is 12.6. The summed E-state index contributed by atoms with van der Waals surface area (Å²) in [5.41, 5.74) is 3.57. The maximum atomic E-state index is 11.9. The molecule has 0 aliphatic rings. The quantitative estimate of drug-likeness (QED) is 0.841. The fourth-order valence-electron chi connectivity index (χ4n) is 2.96. The highest BCUT2D eigenvalue weighted by Crippen LogP contribution is 2.26. The maximum absolute atomic E-state index is 11.9. The van der Waals surface area contributed by atoms with Gasteiger partial charge in [0.05, 0.1) is 7.05 Å². The Balaban J connectivity index is 2.43. The molecule has 1 atom stereocenters. The number of nitrogens with zero attached hydrogens (tertiary/aromatic N) is 1. The van der Waals surface area contributed by atoms with Gasteiger partial charge in [-0.25, -0.2) is 4.79 Å². The number of hydrogen-bond acceptors (Lipinski definition) is 3. The van der Waals surface area contributed by atoms with E-state index in [1.165, 1.54) is 5.56 Å². The molecule has 1 aromatic carbocycles. The van der Waals surface area contributed by atoms with Crippen molar-refractivity contribution in [3.8, 4) is 0 Å². The van der Waals surface area contributed by atoms with E-state index in [0.29, 0.717) is 24.6 Å². The lowest BCUT2D eigenvalue weighted by Crippen LogP contribution is -3.08. The van der Waals surface area contributed by atoms with Crippen LogP contribution in [0.3, 0.4) is 0 Å².